The Morgan fingerprint density at radius 2 is 2.17 bits per heavy atom. The van der Waals surface area contributed by atoms with Gasteiger partial charge in [0.05, 0.1) is 23.3 Å². The maximum Gasteiger partial charge on any atom is 0.238 e. The number of carbonyl (C=O) groups excluding carboxylic acids is 1. The average Bonchev–Trinajstić information content (AvgIpc) is 2.30. The summed E-state index contributed by atoms with van der Waals surface area (Å²) in [5.41, 5.74) is 5.65. The Morgan fingerprint density at radius 1 is 1.56 bits per heavy atom. The van der Waals surface area contributed by atoms with Crippen molar-refractivity contribution in [1.29, 1.82) is 0 Å². The number of hydrogen-bond acceptors (Lipinski definition) is 3. The monoisotopic (exact) mass is 269 g/mol. The molecule has 0 spiro atoms. The summed E-state index contributed by atoms with van der Waals surface area (Å²) in [7, 11) is 1.73. The SMILES string of the molecule is CC(C(N)=S)N(C)CC(=O)Nc1ccccc1F. The number of para-hydroxylation sites is 1. The molecule has 0 radical (unpaired) electrons. The minimum Gasteiger partial charge on any atom is -0.392 e. The summed E-state index contributed by atoms with van der Waals surface area (Å²) >= 11 is 4.84. The molecular formula is C12H16FN3OS. The summed E-state index contributed by atoms with van der Waals surface area (Å²) in [6.45, 7) is 1.89. The first-order chi connectivity index (χ1) is 8.41. The predicted octanol–water partition coefficient (Wildman–Crippen LogP) is 1.37. The van der Waals surface area contributed by atoms with Gasteiger partial charge in [0, 0.05) is 0 Å². The molecule has 0 aliphatic heterocycles. The minimum atomic E-state index is -0.462. The van der Waals surface area contributed by atoms with Crippen molar-refractivity contribution in [3.63, 3.8) is 0 Å². The van der Waals surface area contributed by atoms with Crippen LogP contribution in [0.4, 0.5) is 10.1 Å². The molecule has 1 aromatic rings. The number of anilines is 1. The molecule has 4 nitrogen and oxygen atoms in total. The van der Waals surface area contributed by atoms with Crippen LogP contribution in [0.15, 0.2) is 24.3 Å². The Hall–Kier alpha value is -1.53. The fourth-order valence-electron chi connectivity index (χ4n) is 1.33. The zero-order valence-electron chi connectivity index (χ0n) is 10.3. The van der Waals surface area contributed by atoms with Crippen LogP contribution in [0, 0.1) is 5.82 Å². The Labute approximate surface area is 111 Å². The standard InChI is InChI=1S/C12H16FN3OS/c1-8(12(14)18)16(2)7-11(17)15-10-6-4-3-5-9(10)13/h3-6,8H,7H2,1-2H3,(H2,14,18)(H,15,17). The van der Waals surface area contributed by atoms with Crippen molar-refractivity contribution in [3.05, 3.63) is 30.1 Å². The molecule has 0 heterocycles. The molecule has 0 saturated carbocycles. The first-order valence-corrected chi connectivity index (χ1v) is 5.86. The van der Waals surface area contributed by atoms with Crippen LogP contribution >= 0.6 is 12.2 Å². The largest absolute Gasteiger partial charge is 0.392 e. The third-order valence-electron chi connectivity index (χ3n) is 2.61. The molecule has 1 rings (SSSR count). The van der Waals surface area contributed by atoms with Crippen LogP contribution in [0.3, 0.4) is 0 Å². The zero-order valence-corrected chi connectivity index (χ0v) is 11.1. The fraction of sp³-hybridized carbons (Fsp3) is 0.333. The van der Waals surface area contributed by atoms with E-state index >= 15 is 0 Å². The number of nitrogens with two attached hydrogens (primary N) is 1. The molecule has 0 aromatic heterocycles. The Balaban J connectivity index is 2.57. The molecule has 0 aliphatic rings. The topological polar surface area (TPSA) is 58.4 Å². The molecule has 1 amide bonds. The summed E-state index contributed by atoms with van der Waals surface area (Å²) in [6, 6.07) is 5.82. The maximum absolute atomic E-state index is 13.3. The molecule has 98 valence electrons. The molecule has 1 atom stereocenters. The lowest BCUT2D eigenvalue weighted by Gasteiger charge is -2.22. The van der Waals surface area contributed by atoms with Crippen molar-refractivity contribution in [2.75, 3.05) is 18.9 Å². The normalized spacial score (nSPS) is 12.2. The Bertz CT molecular complexity index is 453. The van der Waals surface area contributed by atoms with E-state index in [4.69, 9.17) is 18.0 Å². The molecule has 0 saturated heterocycles. The highest BCUT2D eigenvalue weighted by Gasteiger charge is 2.15. The van der Waals surface area contributed by atoms with Crippen LogP contribution in [0.5, 0.6) is 0 Å². The smallest absolute Gasteiger partial charge is 0.238 e. The number of amides is 1. The van der Waals surface area contributed by atoms with E-state index in [1.807, 2.05) is 0 Å². The number of carbonyl (C=O) groups is 1. The fourth-order valence-corrected chi connectivity index (χ4v) is 1.51. The van der Waals surface area contributed by atoms with Gasteiger partial charge < -0.3 is 11.1 Å². The van der Waals surface area contributed by atoms with E-state index in [1.54, 1.807) is 31.0 Å². The highest BCUT2D eigenvalue weighted by Crippen LogP contribution is 2.12. The highest BCUT2D eigenvalue weighted by molar-refractivity contribution is 7.80. The third kappa shape index (κ3) is 4.05. The van der Waals surface area contributed by atoms with E-state index < -0.39 is 5.82 Å². The number of nitrogens with one attached hydrogen (secondary N) is 1. The average molecular weight is 269 g/mol. The number of rotatable bonds is 5. The number of halogens is 1. The van der Waals surface area contributed by atoms with Crippen molar-refractivity contribution in [1.82, 2.24) is 4.90 Å². The van der Waals surface area contributed by atoms with Crippen LogP contribution in [0.25, 0.3) is 0 Å². The van der Waals surface area contributed by atoms with Gasteiger partial charge in [0.1, 0.15) is 5.82 Å². The lowest BCUT2D eigenvalue weighted by molar-refractivity contribution is -0.117. The van der Waals surface area contributed by atoms with E-state index in [1.165, 1.54) is 12.1 Å². The van der Waals surface area contributed by atoms with Gasteiger partial charge in [-0.2, -0.15) is 0 Å². The number of nitrogens with zero attached hydrogens (tertiary/aromatic N) is 1. The Morgan fingerprint density at radius 3 is 2.72 bits per heavy atom. The van der Waals surface area contributed by atoms with E-state index in [2.05, 4.69) is 5.32 Å². The van der Waals surface area contributed by atoms with E-state index in [-0.39, 0.29) is 24.2 Å². The van der Waals surface area contributed by atoms with E-state index in [9.17, 15) is 9.18 Å². The molecule has 3 N–H and O–H groups in total. The number of thiocarbonyl (C=S) groups is 1. The lowest BCUT2D eigenvalue weighted by Crippen LogP contribution is -2.43. The second-order valence-electron chi connectivity index (χ2n) is 4.02. The van der Waals surface area contributed by atoms with Crippen molar-refractivity contribution >= 4 is 28.8 Å². The highest BCUT2D eigenvalue weighted by atomic mass is 32.1. The number of benzene rings is 1. The maximum atomic E-state index is 13.3. The summed E-state index contributed by atoms with van der Waals surface area (Å²) in [5.74, 6) is -0.776. The van der Waals surface area contributed by atoms with Gasteiger partial charge in [0.25, 0.3) is 0 Å². The molecule has 0 bridgehead atoms. The lowest BCUT2D eigenvalue weighted by atomic mass is 10.3. The molecule has 0 aliphatic carbocycles. The quantitative estimate of drug-likeness (QED) is 0.793. The van der Waals surface area contributed by atoms with Crippen molar-refractivity contribution in [2.45, 2.75) is 13.0 Å². The molecule has 1 unspecified atom stereocenters. The van der Waals surface area contributed by atoms with Gasteiger partial charge in [-0.3, -0.25) is 9.69 Å². The van der Waals surface area contributed by atoms with Gasteiger partial charge in [0.2, 0.25) is 5.91 Å². The molecule has 18 heavy (non-hydrogen) atoms. The molecule has 1 aromatic carbocycles. The van der Waals surface area contributed by atoms with Gasteiger partial charge >= 0.3 is 0 Å². The molecular weight excluding hydrogens is 253 g/mol. The van der Waals surface area contributed by atoms with Gasteiger partial charge in [-0.25, -0.2) is 4.39 Å². The second kappa shape index (κ2) is 6.42. The predicted molar refractivity (Wildman–Crippen MR) is 73.9 cm³/mol. The molecule has 6 heteroatoms. The first-order valence-electron chi connectivity index (χ1n) is 5.45. The number of hydrogen-bond donors (Lipinski definition) is 2. The zero-order chi connectivity index (χ0) is 13.7. The minimum absolute atomic E-state index is 0.0901. The van der Waals surface area contributed by atoms with E-state index in [0.717, 1.165) is 0 Å². The van der Waals surface area contributed by atoms with Gasteiger partial charge in [-0.1, -0.05) is 24.4 Å². The van der Waals surface area contributed by atoms with Crippen LogP contribution < -0.4 is 11.1 Å². The van der Waals surface area contributed by atoms with Crippen molar-refractivity contribution in [2.24, 2.45) is 5.73 Å². The summed E-state index contributed by atoms with van der Waals surface area (Å²) in [6.07, 6.45) is 0. The summed E-state index contributed by atoms with van der Waals surface area (Å²) in [5, 5.41) is 2.50. The number of likely N-dealkylation sites (N-methyl/N-ethyl adjacent to an activating group) is 1. The second-order valence-corrected chi connectivity index (χ2v) is 4.49. The summed E-state index contributed by atoms with van der Waals surface area (Å²) < 4.78 is 13.3. The Kier molecular flexibility index (Phi) is 5.18. The summed E-state index contributed by atoms with van der Waals surface area (Å²) in [4.78, 5) is 13.7. The van der Waals surface area contributed by atoms with Gasteiger partial charge in [-0.15, -0.1) is 0 Å². The van der Waals surface area contributed by atoms with Crippen molar-refractivity contribution in [3.8, 4) is 0 Å². The van der Waals surface area contributed by atoms with Crippen LogP contribution in [-0.4, -0.2) is 35.4 Å². The molecule has 0 fully saturated rings. The third-order valence-corrected chi connectivity index (χ3v) is 2.95. The van der Waals surface area contributed by atoms with Gasteiger partial charge in [-0.05, 0) is 26.1 Å². The van der Waals surface area contributed by atoms with Crippen molar-refractivity contribution < 1.29 is 9.18 Å². The van der Waals surface area contributed by atoms with Crippen LogP contribution in [-0.2, 0) is 4.79 Å². The van der Waals surface area contributed by atoms with E-state index in [0.29, 0.717) is 4.99 Å². The van der Waals surface area contributed by atoms with Crippen LogP contribution in [0.2, 0.25) is 0 Å². The first kappa shape index (κ1) is 14.5. The van der Waals surface area contributed by atoms with Crippen LogP contribution in [0.1, 0.15) is 6.92 Å². The van der Waals surface area contributed by atoms with Gasteiger partial charge in [0.15, 0.2) is 0 Å².